The van der Waals surface area contributed by atoms with Gasteiger partial charge >= 0.3 is 0 Å². The Morgan fingerprint density at radius 2 is 2.00 bits per heavy atom. The van der Waals surface area contributed by atoms with Crippen LogP contribution in [0, 0.1) is 6.92 Å². The fourth-order valence-electron chi connectivity index (χ4n) is 3.82. The number of ether oxygens (including phenoxy) is 1. The molecule has 0 amide bonds. The summed E-state index contributed by atoms with van der Waals surface area (Å²) in [4.78, 5) is 4.44. The molecular weight excluding hydrogens is 328 g/mol. The van der Waals surface area contributed by atoms with E-state index in [1.165, 1.54) is 6.26 Å². The second-order valence-electron chi connectivity index (χ2n) is 6.80. The van der Waals surface area contributed by atoms with E-state index in [9.17, 15) is 8.42 Å². The van der Waals surface area contributed by atoms with Gasteiger partial charge in [-0.3, -0.25) is 0 Å². The zero-order valence-corrected chi connectivity index (χ0v) is 14.6. The third-order valence-electron chi connectivity index (χ3n) is 5.20. The first-order valence-corrected chi connectivity index (χ1v) is 10.1. The first-order valence-electron chi connectivity index (χ1n) is 8.19. The summed E-state index contributed by atoms with van der Waals surface area (Å²) in [5, 5.41) is 4.02. The Bertz CT molecular complexity index is 882. The Kier molecular flexibility index (Phi) is 3.46. The molecule has 1 aliphatic carbocycles. The van der Waals surface area contributed by atoms with Crippen LogP contribution in [-0.4, -0.2) is 24.8 Å². The van der Waals surface area contributed by atoms with Crippen LogP contribution in [0.1, 0.15) is 54.6 Å². The molecule has 1 unspecified atom stereocenters. The standard InChI is InChI=1S/C17H20N2O4S/c1-11-6-5-7-12-10-13(22-14(11)12)15-18-16(19-23-15)17(24(2,20)21)8-3-4-9-17/h5-7,13H,3-4,8-10H2,1-2H3. The Morgan fingerprint density at radius 3 is 2.67 bits per heavy atom. The lowest BCUT2D eigenvalue weighted by atomic mass is 10.1. The van der Waals surface area contributed by atoms with Gasteiger partial charge in [0.15, 0.2) is 21.8 Å². The van der Waals surface area contributed by atoms with Crippen molar-refractivity contribution in [2.75, 3.05) is 6.26 Å². The predicted molar refractivity (Wildman–Crippen MR) is 87.5 cm³/mol. The van der Waals surface area contributed by atoms with Crippen LogP contribution >= 0.6 is 0 Å². The van der Waals surface area contributed by atoms with Gasteiger partial charge in [0, 0.05) is 12.7 Å². The summed E-state index contributed by atoms with van der Waals surface area (Å²) in [6, 6.07) is 6.02. The summed E-state index contributed by atoms with van der Waals surface area (Å²) in [5.74, 6) is 1.50. The van der Waals surface area contributed by atoms with Gasteiger partial charge in [0.05, 0.1) is 0 Å². The SMILES string of the molecule is Cc1cccc2c1OC(c1nc(C3(S(C)(=O)=O)CCCC3)no1)C2. The topological polar surface area (TPSA) is 82.3 Å². The van der Waals surface area contributed by atoms with Crippen LogP contribution in [0.25, 0.3) is 0 Å². The third-order valence-corrected chi connectivity index (χ3v) is 7.21. The van der Waals surface area contributed by atoms with Crippen molar-refractivity contribution in [3.05, 3.63) is 41.0 Å². The van der Waals surface area contributed by atoms with Crippen LogP contribution < -0.4 is 4.74 Å². The van der Waals surface area contributed by atoms with Crippen LogP contribution in [0.15, 0.2) is 22.7 Å². The number of nitrogens with zero attached hydrogens (tertiary/aromatic N) is 2. The summed E-state index contributed by atoms with van der Waals surface area (Å²) < 4.78 is 35.1. The van der Waals surface area contributed by atoms with Crippen molar-refractivity contribution >= 4 is 9.84 Å². The van der Waals surface area contributed by atoms with Crippen LogP contribution in [0.2, 0.25) is 0 Å². The Labute approximate surface area is 141 Å². The molecular formula is C17H20N2O4S. The molecule has 1 saturated carbocycles. The number of hydrogen-bond acceptors (Lipinski definition) is 6. The van der Waals surface area contributed by atoms with Crippen molar-refractivity contribution < 1.29 is 17.7 Å². The second-order valence-corrected chi connectivity index (χ2v) is 9.13. The quantitative estimate of drug-likeness (QED) is 0.848. The van der Waals surface area contributed by atoms with E-state index in [1.54, 1.807) is 0 Å². The van der Waals surface area contributed by atoms with Crippen LogP contribution in [-0.2, 0) is 21.0 Å². The van der Waals surface area contributed by atoms with E-state index in [2.05, 4.69) is 10.1 Å². The smallest absolute Gasteiger partial charge is 0.268 e. The molecule has 2 heterocycles. The molecule has 0 bridgehead atoms. The lowest BCUT2D eigenvalue weighted by Gasteiger charge is -2.22. The molecule has 0 spiro atoms. The minimum atomic E-state index is -3.31. The average molecular weight is 348 g/mol. The summed E-state index contributed by atoms with van der Waals surface area (Å²) >= 11 is 0. The second kappa shape index (κ2) is 5.31. The number of sulfone groups is 1. The highest BCUT2D eigenvalue weighted by atomic mass is 32.2. The van der Waals surface area contributed by atoms with Crippen LogP contribution in [0.5, 0.6) is 5.75 Å². The molecule has 4 rings (SSSR count). The third kappa shape index (κ3) is 2.25. The van der Waals surface area contributed by atoms with Crippen molar-refractivity contribution in [1.29, 1.82) is 0 Å². The van der Waals surface area contributed by atoms with E-state index in [4.69, 9.17) is 9.26 Å². The first-order chi connectivity index (χ1) is 11.4. The van der Waals surface area contributed by atoms with Gasteiger partial charge in [0.2, 0.25) is 0 Å². The maximum atomic E-state index is 12.4. The monoisotopic (exact) mass is 348 g/mol. The lowest BCUT2D eigenvalue weighted by molar-refractivity contribution is 0.182. The summed E-state index contributed by atoms with van der Waals surface area (Å²) in [6.07, 6.45) is 4.40. The molecule has 6 nitrogen and oxygen atoms in total. The predicted octanol–water partition coefficient (Wildman–Crippen LogP) is 2.87. The number of benzene rings is 1. The summed E-state index contributed by atoms with van der Waals surface area (Å²) in [7, 11) is -3.31. The zero-order valence-electron chi connectivity index (χ0n) is 13.8. The summed E-state index contributed by atoms with van der Waals surface area (Å²) in [6.45, 7) is 2.00. The van der Waals surface area contributed by atoms with Gasteiger partial charge in [-0.05, 0) is 30.9 Å². The highest BCUT2D eigenvalue weighted by Gasteiger charge is 2.49. The van der Waals surface area contributed by atoms with Gasteiger partial charge in [0.25, 0.3) is 5.89 Å². The lowest BCUT2D eigenvalue weighted by Crippen LogP contribution is -2.33. The van der Waals surface area contributed by atoms with Crippen molar-refractivity contribution in [3.63, 3.8) is 0 Å². The van der Waals surface area contributed by atoms with Crippen LogP contribution in [0.4, 0.5) is 0 Å². The van der Waals surface area contributed by atoms with Crippen molar-refractivity contribution in [1.82, 2.24) is 10.1 Å². The molecule has 128 valence electrons. The maximum Gasteiger partial charge on any atom is 0.268 e. The highest BCUT2D eigenvalue weighted by Crippen LogP contribution is 2.45. The first kappa shape index (κ1) is 15.6. The molecule has 1 aromatic carbocycles. The number of rotatable bonds is 3. The number of fused-ring (bicyclic) bond motifs is 1. The number of para-hydroxylation sites is 1. The molecule has 1 atom stereocenters. The molecule has 2 aromatic rings. The van der Waals surface area contributed by atoms with E-state index >= 15 is 0 Å². The molecule has 0 radical (unpaired) electrons. The molecule has 7 heteroatoms. The number of aromatic nitrogens is 2. The van der Waals surface area contributed by atoms with Crippen molar-refractivity contribution in [3.8, 4) is 5.75 Å². The zero-order chi connectivity index (χ0) is 16.9. The van der Waals surface area contributed by atoms with E-state index < -0.39 is 14.6 Å². The minimum absolute atomic E-state index is 0.286. The molecule has 1 fully saturated rings. The molecule has 0 saturated heterocycles. The fraction of sp³-hybridized carbons (Fsp3) is 0.529. The number of hydrogen-bond donors (Lipinski definition) is 0. The fourth-order valence-corrected chi connectivity index (χ4v) is 5.27. The van der Waals surface area contributed by atoms with Gasteiger partial charge in [-0.2, -0.15) is 4.98 Å². The largest absolute Gasteiger partial charge is 0.480 e. The van der Waals surface area contributed by atoms with Crippen molar-refractivity contribution in [2.24, 2.45) is 0 Å². The normalized spacial score (nSPS) is 22.3. The van der Waals surface area contributed by atoms with Crippen LogP contribution in [0.3, 0.4) is 0 Å². The Hall–Kier alpha value is -1.89. The van der Waals surface area contributed by atoms with E-state index in [-0.39, 0.29) is 11.9 Å². The molecule has 1 aliphatic heterocycles. The summed E-state index contributed by atoms with van der Waals surface area (Å²) in [5.41, 5.74) is 2.18. The molecule has 2 aliphatic rings. The van der Waals surface area contributed by atoms with Gasteiger partial charge in [-0.1, -0.05) is 36.2 Å². The molecule has 0 N–H and O–H groups in total. The van der Waals surface area contributed by atoms with Gasteiger partial charge < -0.3 is 9.26 Å². The molecule has 1 aromatic heterocycles. The van der Waals surface area contributed by atoms with E-state index in [0.29, 0.717) is 25.2 Å². The maximum absolute atomic E-state index is 12.4. The van der Waals surface area contributed by atoms with Gasteiger partial charge in [0.1, 0.15) is 10.5 Å². The Balaban J connectivity index is 1.66. The number of aryl methyl sites for hydroxylation is 1. The van der Waals surface area contributed by atoms with E-state index in [0.717, 1.165) is 29.7 Å². The minimum Gasteiger partial charge on any atom is -0.480 e. The van der Waals surface area contributed by atoms with Gasteiger partial charge in [-0.25, -0.2) is 8.42 Å². The van der Waals surface area contributed by atoms with Gasteiger partial charge in [-0.15, -0.1) is 0 Å². The molecule has 24 heavy (non-hydrogen) atoms. The van der Waals surface area contributed by atoms with E-state index in [1.807, 2.05) is 25.1 Å². The average Bonchev–Trinajstić information content (AvgIpc) is 3.25. The van der Waals surface area contributed by atoms with Crippen molar-refractivity contribution in [2.45, 2.75) is 49.9 Å². The highest BCUT2D eigenvalue weighted by molar-refractivity contribution is 7.91. The Morgan fingerprint density at radius 1 is 1.25 bits per heavy atom.